The molecule has 4 aromatic rings. The number of rotatable bonds is 7. The number of nitrogens with zero attached hydrogens (tertiary/aromatic N) is 2. The molecule has 0 N–H and O–H groups in total. The summed E-state index contributed by atoms with van der Waals surface area (Å²) in [6.07, 6.45) is 1.80. The number of ether oxygens (including phenoxy) is 3. The van der Waals surface area contributed by atoms with Crippen molar-refractivity contribution < 1.29 is 19.0 Å². The number of para-hydroxylation sites is 1. The Balaban J connectivity index is 1.83. The number of benzene rings is 3. The first-order chi connectivity index (χ1) is 18.5. The summed E-state index contributed by atoms with van der Waals surface area (Å²) >= 11 is 1.27. The average molecular weight is 527 g/mol. The molecule has 8 heteroatoms. The zero-order valence-electron chi connectivity index (χ0n) is 21.2. The van der Waals surface area contributed by atoms with Gasteiger partial charge in [0.2, 0.25) is 0 Å². The van der Waals surface area contributed by atoms with Crippen LogP contribution in [0.3, 0.4) is 0 Å². The van der Waals surface area contributed by atoms with Crippen molar-refractivity contribution in [1.29, 1.82) is 0 Å². The highest BCUT2D eigenvalue weighted by molar-refractivity contribution is 7.07. The summed E-state index contributed by atoms with van der Waals surface area (Å²) in [7, 11) is 3.18. The Kier molecular flexibility index (Phi) is 7.24. The Morgan fingerprint density at radius 2 is 1.68 bits per heavy atom. The van der Waals surface area contributed by atoms with E-state index in [1.165, 1.54) is 11.3 Å². The van der Waals surface area contributed by atoms with E-state index in [1.807, 2.05) is 78.9 Å². The normalized spacial score (nSPS) is 15.0. The van der Waals surface area contributed by atoms with Crippen LogP contribution in [0.5, 0.6) is 11.5 Å². The summed E-state index contributed by atoms with van der Waals surface area (Å²) in [6.45, 7) is 1.95. The summed E-state index contributed by atoms with van der Waals surface area (Å²) < 4.78 is 18.4. The lowest BCUT2D eigenvalue weighted by Gasteiger charge is -2.26. The molecule has 5 rings (SSSR count). The second-order valence-corrected chi connectivity index (χ2v) is 9.46. The van der Waals surface area contributed by atoms with Crippen LogP contribution in [0.25, 0.3) is 11.8 Å². The maximum atomic E-state index is 13.9. The third kappa shape index (κ3) is 4.66. The average Bonchev–Trinajstić information content (AvgIpc) is 3.27. The van der Waals surface area contributed by atoms with Crippen LogP contribution in [0.15, 0.2) is 94.2 Å². The van der Waals surface area contributed by atoms with Crippen molar-refractivity contribution in [1.82, 2.24) is 4.57 Å². The van der Waals surface area contributed by atoms with Crippen molar-refractivity contribution in [2.45, 2.75) is 13.0 Å². The molecule has 0 amide bonds. The van der Waals surface area contributed by atoms with Crippen molar-refractivity contribution in [2.24, 2.45) is 4.99 Å². The van der Waals surface area contributed by atoms with Gasteiger partial charge in [0.1, 0.15) is 11.5 Å². The first-order valence-electron chi connectivity index (χ1n) is 12.1. The fourth-order valence-electron chi connectivity index (χ4n) is 4.47. The molecule has 0 unspecified atom stereocenters. The lowest BCUT2D eigenvalue weighted by molar-refractivity contribution is -0.138. The van der Waals surface area contributed by atoms with Crippen molar-refractivity contribution in [3.63, 3.8) is 0 Å². The van der Waals surface area contributed by atoms with Gasteiger partial charge in [0.15, 0.2) is 4.80 Å². The van der Waals surface area contributed by atoms with Gasteiger partial charge in [-0.3, -0.25) is 9.36 Å². The Bertz CT molecular complexity index is 1690. The van der Waals surface area contributed by atoms with Gasteiger partial charge in [0, 0.05) is 11.1 Å². The molecule has 2 heterocycles. The molecule has 0 spiro atoms. The number of aromatic nitrogens is 1. The number of carbonyl (C=O) groups excluding carboxylic acids is 1. The zero-order chi connectivity index (χ0) is 26.6. The number of carbonyl (C=O) groups is 1. The Morgan fingerprint density at radius 1 is 0.974 bits per heavy atom. The second kappa shape index (κ2) is 10.9. The summed E-state index contributed by atoms with van der Waals surface area (Å²) in [5.74, 6) is 0.805. The minimum Gasteiger partial charge on any atom is -0.497 e. The SMILES string of the molecule is CCOC(=O)C1=C(c2ccccc2)N=c2s/c(=C/c3ccccc3OC)c(=O)n2[C@H]1c1ccc(OC)cc1. The van der Waals surface area contributed by atoms with E-state index in [0.29, 0.717) is 32.1 Å². The molecule has 38 heavy (non-hydrogen) atoms. The van der Waals surface area contributed by atoms with Crippen LogP contribution in [-0.2, 0) is 9.53 Å². The molecule has 0 saturated carbocycles. The predicted octanol–water partition coefficient (Wildman–Crippen LogP) is 3.95. The lowest BCUT2D eigenvalue weighted by atomic mass is 9.93. The minimum absolute atomic E-state index is 0.192. The van der Waals surface area contributed by atoms with Gasteiger partial charge in [-0.1, -0.05) is 72.0 Å². The Morgan fingerprint density at radius 3 is 2.37 bits per heavy atom. The fourth-order valence-corrected chi connectivity index (χ4v) is 5.46. The van der Waals surface area contributed by atoms with E-state index in [0.717, 1.165) is 16.7 Å². The lowest BCUT2D eigenvalue weighted by Crippen LogP contribution is -2.40. The molecule has 1 aliphatic heterocycles. The third-order valence-electron chi connectivity index (χ3n) is 6.23. The van der Waals surface area contributed by atoms with E-state index in [9.17, 15) is 9.59 Å². The number of esters is 1. The monoisotopic (exact) mass is 526 g/mol. The Hall–Kier alpha value is -4.43. The molecule has 0 radical (unpaired) electrons. The van der Waals surface area contributed by atoms with Crippen LogP contribution < -0.4 is 24.4 Å². The molecular formula is C30H26N2O5S. The standard InChI is InChI=1S/C30H26N2O5S/c1-4-37-29(34)25-26(19-10-6-5-7-11-19)31-30-32(27(25)20-14-16-22(35-2)17-15-20)28(33)24(38-30)18-21-12-8-9-13-23(21)36-3/h5-18,27H,4H2,1-3H3/b24-18+/t27-/m0/s1. The molecule has 1 atom stereocenters. The zero-order valence-corrected chi connectivity index (χ0v) is 22.0. The summed E-state index contributed by atoms with van der Waals surface area (Å²) in [5, 5.41) is 0. The summed E-state index contributed by atoms with van der Waals surface area (Å²) in [5.41, 5.74) is 2.80. The minimum atomic E-state index is -0.744. The van der Waals surface area contributed by atoms with Crippen LogP contribution in [0, 0.1) is 0 Å². The first kappa shape index (κ1) is 25.2. The molecule has 1 aromatic heterocycles. The van der Waals surface area contributed by atoms with Gasteiger partial charge in [-0.2, -0.15) is 0 Å². The maximum absolute atomic E-state index is 13.9. The number of methoxy groups -OCH3 is 2. The van der Waals surface area contributed by atoms with Crippen LogP contribution in [0.1, 0.15) is 29.7 Å². The first-order valence-corrected chi connectivity index (χ1v) is 12.9. The van der Waals surface area contributed by atoms with E-state index < -0.39 is 12.0 Å². The smallest absolute Gasteiger partial charge is 0.338 e. The number of fused-ring (bicyclic) bond motifs is 1. The van der Waals surface area contributed by atoms with E-state index in [1.54, 1.807) is 31.8 Å². The van der Waals surface area contributed by atoms with Crippen LogP contribution in [0.2, 0.25) is 0 Å². The Labute approximate surface area is 223 Å². The molecule has 0 bridgehead atoms. The molecule has 0 saturated heterocycles. The highest BCUT2D eigenvalue weighted by Crippen LogP contribution is 2.35. The number of hydrogen-bond donors (Lipinski definition) is 0. The van der Waals surface area contributed by atoms with Crippen LogP contribution >= 0.6 is 11.3 Å². The summed E-state index contributed by atoms with van der Waals surface area (Å²) in [4.78, 5) is 32.8. The van der Waals surface area contributed by atoms with Crippen molar-refractivity contribution in [3.8, 4) is 11.5 Å². The fraction of sp³-hybridized carbons (Fsp3) is 0.167. The van der Waals surface area contributed by atoms with Gasteiger partial charge in [-0.25, -0.2) is 9.79 Å². The molecular weight excluding hydrogens is 500 g/mol. The molecule has 3 aromatic carbocycles. The predicted molar refractivity (Wildman–Crippen MR) is 147 cm³/mol. The topological polar surface area (TPSA) is 79.1 Å². The van der Waals surface area contributed by atoms with Gasteiger partial charge < -0.3 is 14.2 Å². The van der Waals surface area contributed by atoms with Gasteiger partial charge >= 0.3 is 5.97 Å². The van der Waals surface area contributed by atoms with Crippen molar-refractivity contribution >= 4 is 29.1 Å². The largest absolute Gasteiger partial charge is 0.497 e. The van der Waals surface area contributed by atoms with E-state index in [4.69, 9.17) is 19.2 Å². The molecule has 192 valence electrons. The van der Waals surface area contributed by atoms with E-state index in [-0.39, 0.29) is 12.2 Å². The highest BCUT2D eigenvalue weighted by Gasteiger charge is 2.35. The highest BCUT2D eigenvalue weighted by atomic mass is 32.1. The van der Waals surface area contributed by atoms with Gasteiger partial charge in [-0.05, 0) is 36.8 Å². The quantitative estimate of drug-likeness (QED) is 0.341. The molecule has 1 aliphatic rings. The molecule has 7 nitrogen and oxygen atoms in total. The summed E-state index contributed by atoms with van der Waals surface area (Å²) in [6, 6.07) is 23.5. The van der Waals surface area contributed by atoms with Crippen molar-refractivity contribution in [2.75, 3.05) is 20.8 Å². The molecule has 0 aliphatic carbocycles. The maximum Gasteiger partial charge on any atom is 0.338 e. The van der Waals surface area contributed by atoms with E-state index in [2.05, 4.69) is 0 Å². The van der Waals surface area contributed by atoms with Gasteiger partial charge in [-0.15, -0.1) is 0 Å². The van der Waals surface area contributed by atoms with Gasteiger partial charge in [0.25, 0.3) is 5.56 Å². The van der Waals surface area contributed by atoms with Crippen molar-refractivity contribution in [3.05, 3.63) is 121 Å². The third-order valence-corrected chi connectivity index (χ3v) is 7.21. The number of hydrogen-bond acceptors (Lipinski definition) is 7. The number of thiazole rings is 1. The van der Waals surface area contributed by atoms with Crippen LogP contribution in [-0.4, -0.2) is 31.4 Å². The van der Waals surface area contributed by atoms with E-state index >= 15 is 0 Å². The van der Waals surface area contributed by atoms with Gasteiger partial charge in [0.05, 0.1) is 42.7 Å². The second-order valence-electron chi connectivity index (χ2n) is 8.45. The molecule has 0 fully saturated rings. The van der Waals surface area contributed by atoms with Crippen LogP contribution in [0.4, 0.5) is 0 Å².